The smallest absolute Gasteiger partial charge is 0.124 e. The van der Waals surface area contributed by atoms with Crippen LogP contribution in [-0.2, 0) is 11.3 Å². The van der Waals surface area contributed by atoms with Crippen molar-refractivity contribution in [2.75, 3.05) is 20.3 Å². The van der Waals surface area contributed by atoms with Gasteiger partial charge in [0.1, 0.15) is 5.75 Å². The van der Waals surface area contributed by atoms with Gasteiger partial charge < -0.3 is 14.8 Å². The number of hydrogen-bond acceptors (Lipinski definition) is 3. The highest BCUT2D eigenvalue weighted by Gasteiger charge is 2.16. The Labute approximate surface area is 104 Å². The SMILES string of the molecule is COc1cccc(Br)c1CNC1CCOC1. The van der Waals surface area contributed by atoms with Gasteiger partial charge in [0, 0.05) is 29.2 Å². The van der Waals surface area contributed by atoms with Crippen LogP contribution in [0.4, 0.5) is 0 Å². The van der Waals surface area contributed by atoms with Crippen LogP contribution < -0.4 is 10.1 Å². The van der Waals surface area contributed by atoms with E-state index >= 15 is 0 Å². The number of ether oxygens (including phenoxy) is 2. The van der Waals surface area contributed by atoms with Gasteiger partial charge in [-0.3, -0.25) is 0 Å². The van der Waals surface area contributed by atoms with E-state index in [2.05, 4.69) is 21.2 Å². The van der Waals surface area contributed by atoms with Crippen molar-refractivity contribution in [1.29, 1.82) is 0 Å². The Morgan fingerprint density at radius 1 is 1.56 bits per heavy atom. The fraction of sp³-hybridized carbons (Fsp3) is 0.500. The van der Waals surface area contributed by atoms with Gasteiger partial charge in [-0.1, -0.05) is 22.0 Å². The molecule has 3 nitrogen and oxygen atoms in total. The van der Waals surface area contributed by atoms with Gasteiger partial charge in [-0.2, -0.15) is 0 Å². The fourth-order valence-corrected chi connectivity index (χ4v) is 2.33. The van der Waals surface area contributed by atoms with Gasteiger partial charge in [-0.25, -0.2) is 0 Å². The van der Waals surface area contributed by atoms with Crippen LogP contribution in [0.5, 0.6) is 5.75 Å². The summed E-state index contributed by atoms with van der Waals surface area (Å²) in [6.45, 7) is 2.48. The van der Waals surface area contributed by atoms with Gasteiger partial charge in [0.15, 0.2) is 0 Å². The molecule has 4 heteroatoms. The second-order valence-corrected chi connectivity index (χ2v) is 4.72. The summed E-state index contributed by atoms with van der Waals surface area (Å²) < 4.78 is 11.7. The number of nitrogens with one attached hydrogen (secondary N) is 1. The van der Waals surface area contributed by atoms with Crippen molar-refractivity contribution in [3.63, 3.8) is 0 Å². The zero-order valence-corrected chi connectivity index (χ0v) is 10.9. The summed E-state index contributed by atoms with van der Waals surface area (Å²) in [6.07, 6.45) is 1.09. The van der Waals surface area contributed by atoms with Gasteiger partial charge >= 0.3 is 0 Å². The van der Waals surface area contributed by atoms with Crippen LogP contribution in [0.3, 0.4) is 0 Å². The van der Waals surface area contributed by atoms with E-state index in [1.807, 2.05) is 18.2 Å². The number of methoxy groups -OCH3 is 1. The Kier molecular flexibility index (Phi) is 4.21. The standard InChI is InChI=1S/C12H16BrNO2/c1-15-12-4-2-3-11(13)10(12)7-14-9-5-6-16-8-9/h2-4,9,14H,5-8H2,1H3. The van der Waals surface area contributed by atoms with Crippen molar-refractivity contribution in [2.45, 2.75) is 19.0 Å². The summed E-state index contributed by atoms with van der Waals surface area (Å²) in [5, 5.41) is 3.48. The third-order valence-corrected chi connectivity index (χ3v) is 3.54. The van der Waals surface area contributed by atoms with Crippen LogP contribution in [0.1, 0.15) is 12.0 Å². The van der Waals surface area contributed by atoms with E-state index in [-0.39, 0.29) is 0 Å². The van der Waals surface area contributed by atoms with Crippen LogP contribution in [-0.4, -0.2) is 26.4 Å². The predicted molar refractivity (Wildman–Crippen MR) is 66.8 cm³/mol. The van der Waals surface area contributed by atoms with E-state index in [0.717, 1.165) is 42.0 Å². The van der Waals surface area contributed by atoms with E-state index in [0.29, 0.717) is 6.04 Å². The maximum absolute atomic E-state index is 5.34. The molecule has 0 bridgehead atoms. The molecule has 0 saturated carbocycles. The Hall–Kier alpha value is -0.580. The van der Waals surface area contributed by atoms with E-state index in [1.165, 1.54) is 0 Å². The molecule has 0 aliphatic carbocycles. The second kappa shape index (κ2) is 5.66. The molecule has 2 rings (SSSR count). The predicted octanol–water partition coefficient (Wildman–Crippen LogP) is 2.34. The second-order valence-electron chi connectivity index (χ2n) is 3.86. The average molecular weight is 286 g/mol. The van der Waals surface area contributed by atoms with Crippen molar-refractivity contribution in [3.05, 3.63) is 28.2 Å². The summed E-state index contributed by atoms with van der Waals surface area (Å²) in [7, 11) is 1.70. The third-order valence-electron chi connectivity index (χ3n) is 2.79. The molecule has 1 aromatic carbocycles. The van der Waals surface area contributed by atoms with Gasteiger partial charge in [0.2, 0.25) is 0 Å². The lowest BCUT2D eigenvalue weighted by atomic mass is 10.2. The molecular weight excluding hydrogens is 270 g/mol. The quantitative estimate of drug-likeness (QED) is 0.921. The molecule has 1 aliphatic rings. The zero-order chi connectivity index (χ0) is 11.4. The highest BCUT2D eigenvalue weighted by Crippen LogP contribution is 2.26. The van der Waals surface area contributed by atoms with Crippen LogP contribution in [0.15, 0.2) is 22.7 Å². The maximum Gasteiger partial charge on any atom is 0.124 e. The maximum atomic E-state index is 5.34. The average Bonchev–Trinajstić information content (AvgIpc) is 2.80. The summed E-state index contributed by atoms with van der Waals surface area (Å²) >= 11 is 3.55. The van der Waals surface area contributed by atoms with Gasteiger partial charge in [-0.05, 0) is 18.6 Å². The molecule has 1 aromatic rings. The molecule has 16 heavy (non-hydrogen) atoms. The lowest BCUT2D eigenvalue weighted by molar-refractivity contribution is 0.189. The van der Waals surface area contributed by atoms with Gasteiger partial charge in [0.05, 0.1) is 13.7 Å². The minimum atomic E-state index is 0.469. The molecule has 0 aromatic heterocycles. The summed E-state index contributed by atoms with van der Waals surface area (Å²) in [4.78, 5) is 0. The molecule has 1 unspecified atom stereocenters. The van der Waals surface area contributed by atoms with Crippen LogP contribution in [0.25, 0.3) is 0 Å². The molecule has 0 spiro atoms. The van der Waals surface area contributed by atoms with Crippen molar-refractivity contribution in [3.8, 4) is 5.75 Å². The number of halogens is 1. The van der Waals surface area contributed by atoms with Crippen molar-refractivity contribution >= 4 is 15.9 Å². The Morgan fingerprint density at radius 3 is 3.12 bits per heavy atom. The summed E-state index contributed by atoms with van der Waals surface area (Å²) in [5.74, 6) is 0.917. The van der Waals surface area contributed by atoms with Gasteiger partial charge in [-0.15, -0.1) is 0 Å². The fourth-order valence-electron chi connectivity index (χ4n) is 1.84. The molecular formula is C12H16BrNO2. The van der Waals surface area contributed by atoms with Crippen molar-refractivity contribution in [1.82, 2.24) is 5.32 Å². The normalized spacial score (nSPS) is 20.0. The first kappa shape index (κ1) is 11.9. The Bertz CT molecular complexity index is 351. The van der Waals surface area contributed by atoms with Crippen molar-refractivity contribution < 1.29 is 9.47 Å². The van der Waals surface area contributed by atoms with E-state index in [9.17, 15) is 0 Å². The van der Waals surface area contributed by atoms with E-state index in [1.54, 1.807) is 7.11 Å². The van der Waals surface area contributed by atoms with E-state index < -0.39 is 0 Å². The molecule has 88 valence electrons. The molecule has 0 radical (unpaired) electrons. The van der Waals surface area contributed by atoms with Crippen LogP contribution in [0, 0.1) is 0 Å². The zero-order valence-electron chi connectivity index (χ0n) is 9.33. The molecule has 0 amide bonds. The van der Waals surface area contributed by atoms with Gasteiger partial charge in [0.25, 0.3) is 0 Å². The molecule has 1 atom stereocenters. The molecule has 1 fully saturated rings. The first-order valence-corrected chi connectivity index (χ1v) is 6.23. The first-order chi connectivity index (χ1) is 7.81. The van der Waals surface area contributed by atoms with Crippen LogP contribution in [0.2, 0.25) is 0 Å². The third kappa shape index (κ3) is 2.75. The topological polar surface area (TPSA) is 30.5 Å². The summed E-state index contributed by atoms with van der Waals surface area (Å²) in [6, 6.07) is 6.46. The molecule has 1 heterocycles. The minimum absolute atomic E-state index is 0.469. The number of benzene rings is 1. The number of hydrogen-bond donors (Lipinski definition) is 1. The number of rotatable bonds is 4. The van der Waals surface area contributed by atoms with E-state index in [4.69, 9.17) is 9.47 Å². The van der Waals surface area contributed by atoms with Crippen LogP contribution >= 0.6 is 15.9 Å². The van der Waals surface area contributed by atoms with Crippen molar-refractivity contribution in [2.24, 2.45) is 0 Å². The largest absolute Gasteiger partial charge is 0.496 e. The molecule has 1 aliphatic heterocycles. The minimum Gasteiger partial charge on any atom is -0.496 e. The highest BCUT2D eigenvalue weighted by molar-refractivity contribution is 9.10. The Morgan fingerprint density at radius 2 is 2.44 bits per heavy atom. The lowest BCUT2D eigenvalue weighted by Crippen LogP contribution is -2.28. The Balaban J connectivity index is 2.01. The highest BCUT2D eigenvalue weighted by atomic mass is 79.9. The lowest BCUT2D eigenvalue weighted by Gasteiger charge is -2.14. The molecule has 1 N–H and O–H groups in total. The first-order valence-electron chi connectivity index (χ1n) is 5.44. The monoisotopic (exact) mass is 285 g/mol. The summed E-state index contributed by atoms with van der Waals surface area (Å²) in [5.41, 5.74) is 1.16. The molecule has 1 saturated heterocycles.